The molecule has 1 aliphatic rings. The van der Waals surface area contributed by atoms with Gasteiger partial charge in [-0.05, 0) is 50.6 Å². The number of nitrogens with one attached hydrogen (secondary N) is 1. The largest absolute Gasteiger partial charge is 0.450 e. The molecule has 0 radical (unpaired) electrons. The molecule has 29 heavy (non-hydrogen) atoms. The summed E-state index contributed by atoms with van der Waals surface area (Å²) in [6.45, 7) is 6.60. The number of hydrogen-bond donors (Lipinski definition) is 1. The molecule has 1 aliphatic heterocycles. The highest BCUT2D eigenvalue weighted by Gasteiger charge is 2.22. The van der Waals surface area contributed by atoms with Gasteiger partial charge < -0.3 is 9.84 Å². The van der Waals surface area contributed by atoms with E-state index in [2.05, 4.69) is 10.5 Å². The van der Waals surface area contributed by atoms with Crippen LogP contribution in [-0.2, 0) is 25.7 Å². The zero-order valence-electron chi connectivity index (χ0n) is 17.3. The molecule has 1 fully saturated rings. The first-order chi connectivity index (χ1) is 13.9. The standard InChI is InChI=1S/C18H29N4O5PS/c1-5-24-28(29,25-6-2)27-17-9-7-16(8-10-17)15(3)20-26-18(23)21(4)22-13-11-19-12-14-22/h7-10,19H,5-6,11-14H2,1-4H3/b20-15+. The molecular weight excluding hydrogens is 415 g/mol. The third-order valence-electron chi connectivity index (χ3n) is 4.11. The SMILES string of the molecule is CCOP(=S)(OCC)Oc1ccc(/C(C)=N/OC(=O)N(C)N2CCNCC2)cc1. The van der Waals surface area contributed by atoms with Gasteiger partial charge in [-0.25, -0.2) is 14.8 Å². The molecule has 1 N–H and O–H groups in total. The molecule has 0 aliphatic carbocycles. The summed E-state index contributed by atoms with van der Waals surface area (Å²) >= 11 is 5.37. The lowest BCUT2D eigenvalue weighted by molar-refractivity contribution is -0.0112. The van der Waals surface area contributed by atoms with E-state index in [1.54, 1.807) is 38.2 Å². The Morgan fingerprint density at radius 2 is 1.79 bits per heavy atom. The number of nitrogens with zero attached hydrogens (tertiary/aromatic N) is 3. The van der Waals surface area contributed by atoms with Gasteiger partial charge >= 0.3 is 12.8 Å². The molecule has 11 heteroatoms. The van der Waals surface area contributed by atoms with E-state index in [-0.39, 0.29) is 0 Å². The normalized spacial score (nSPS) is 15.8. The molecular formula is C18H29N4O5PS. The average Bonchev–Trinajstić information content (AvgIpc) is 2.72. The molecule has 0 bridgehead atoms. The molecule has 9 nitrogen and oxygen atoms in total. The highest BCUT2D eigenvalue weighted by Crippen LogP contribution is 2.49. The van der Waals surface area contributed by atoms with Crippen LogP contribution in [0.5, 0.6) is 5.75 Å². The Hall–Kier alpha value is -1.55. The summed E-state index contributed by atoms with van der Waals surface area (Å²) in [7, 11) is 1.67. The zero-order chi connectivity index (χ0) is 21.3. The summed E-state index contributed by atoms with van der Waals surface area (Å²) in [6, 6.07) is 7.11. The molecule has 1 aromatic rings. The van der Waals surface area contributed by atoms with Crippen LogP contribution in [0.3, 0.4) is 0 Å². The second-order valence-corrected chi connectivity index (χ2v) is 9.09. The number of oxime groups is 1. The maximum atomic E-state index is 12.2. The summed E-state index contributed by atoms with van der Waals surface area (Å²) in [5, 5.41) is 10.5. The summed E-state index contributed by atoms with van der Waals surface area (Å²) in [4.78, 5) is 17.3. The molecule has 1 amide bonds. The lowest BCUT2D eigenvalue weighted by Crippen LogP contribution is -2.52. The van der Waals surface area contributed by atoms with Crippen molar-refractivity contribution in [2.45, 2.75) is 20.8 Å². The van der Waals surface area contributed by atoms with Gasteiger partial charge in [-0.3, -0.25) is 13.9 Å². The Bertz CT molecular complexity index is 730. The van der Waals surface area contributed by atoms with E-state index in [9.17, 15) is 4.79 Å². The molecule has 1 saturated heterocycles. The van der Waals surface area contributed by atoms with Crippen molar-refractivity contribution >= 4 is 30.3 Å². The van der Waals surface area contributed by atoms with Gasteiger partial charge in [0.25, 0.3) is 0 Å². The molecule has 0 spiro atoms. The average molecular weight is 444 g/mol. The maximum absolute atomic E-state index is 12.2. The number of hydrogen-bond acceptors (Lipinski definition) is 9. The van der Waals surface area contributed by atoms with E-state index >= 15 is 0 Å². The van der Waals surface area contributed by atoms with Crippen LogP contribution in [0, 0.1) is 0 Å². The summed E-state index contributed by atoms with van der Waals surface area (Å²) in [5.41, 5.74) is 1.35. The molecule has 2 rings (SSSR count). The Morgan fingerprint density at radius 3 is 2.34 bits per heavy atom. The first kappa shape index (κ1) is 23.7. The fourth-order valence-electron chi connectivity index (χ4n) is 2.58. The van der Waals surface area contributed by atoms with E-state index < -0.39 is 12.8 Å². The topological polar surface area (TPSA) is 84.9 Å². The second kappa shape index (κ2) is 11.6. The third-order valence-corrected chi connectivity index (χ3v) is 6.55. The van der Waals surface area contributed by atoms with Crippen molar-refractivity contribution in [3.8, 4) is 5.75 Å². The van der Waals surface area contributed by atoms with Crippen molar-refractivity contribution in [2.75, 3.05) is 46.4 Å². The predicted molar refractivity (Wildman–Crippen MR) is 116 cm³/mol. The van der Waals surface area contributed by atoms with Gasteiger partial charge in [0, 0.05) is 45.0 Å². The van der Waals surface area contributed by atoms with Crippen molar-refractivity contribution in [1.82, 2.24) is 15.3 Å². The highest BCUT2D eigenvalue weighted by molar-refractivity contribution is 8.07. The van der Waals surface area contributed by atoms with Crippen LogP contribution in [-0.4, -0.2) is 68.3 Å². The number of carbonyl (C=O) groups is 1. The number of carbonyl (C=O) groups excluding carboxylic acids is 1. The van der Waals surface area contributed by atoms with Crippen molar-refractivity contribution < 1.29 is 23.2 Å². The monoisotopic (exact) mass is 444 g/mol. The Balaban J connectivity index is 1.95. The van der Waals surface area contributed by atoms with E-state index in [1.165, 1.54) is 5.01 Å². The van der Waals surface area contributed by atoms with Crippen LogP contribution in [0.1, 0.15) is 26.3 Å². The Labute approximate surface area is 177 Å². The van der Waals surface area contributed by atoms with Gasteiger partial charge in [0.05, 0.1) is 18.9 Å². The van der Waals surface area contributed by atoms with Crippen molar-refractivity contribution in [2.24, 2.45) is 5.16 Å². The molecule has 0 saturated carbocycles. The number of hydrazine groups is 1. The van der Waals surface area contributed by atoms with Crippen LogP contribution in [0.4, 0.5) is 4.79 Å². The lowest BCUT2D eigenvalue weighted by atomic mass is 10.1. The summed E-state index contributed by atoms with van der Waals surface area (Å²) in [6.07, 6.45) is -0.527. The Kier molecular flexibility index (Phi) is 9.48. The lowest BCUT2D eigenvalue weighted by Gasteiger charge is -2.33. The van der Waals surface area contributed by atoms with Gasteiger partial charge in [0.2, 0.25) is 0 Å². The van der Waals surface area contributed by atoms with Crippen molar-refractivity contribution in [3.63, 3.8) is 0 Å². The van der Waals surface area contributed by atoms with E-state index in [0.717, 1.165) is 31.7 Å². The van der Waals surface area contributed by atoms with Crippen LogP contribution in [0.25, 0.3) is 0 Å². The van der Waals surface area contributed by atoms with E-state index in [0.29, 0.717) is 24.7 Å². The number of rotatable bonds is 9. The smallest absolute Gasteiger partial charge is 0.424 e. The minimum atomic E-state index is -2.81. The fourth-order valence-corrected chi connectivity index (χ4v) is 4.66. The first-order valence-electron chi connectivity index (χ1n) is 9.52. The molecule has 1 aromatic carbocycles. The van der Waals surface area contributed by atoms with Gasteiger partial charge in [-0.1, -0.05) is 5.16 Å². The van der Waals surface area contributed by atoms with E-state index in [4.69, 9.17) is 30.2 Å². The molecule has 0 aromatic heterocycles. The molecule has 162 valence electrons. The number of piperazine rings is 1. The minimum absolute atomic E-state index is 0.412. The highest BCUT2D eigenvalue weighted by atomic mass is 32.5. The van der Waals surface area contributed by atoms with Crippen LogP contribution in [0.15, 0.2) is 29.4 Å². The molecule has 0 atom stereocenters. The van der Waals surface area contributed by atoms with Crippen molar-refractivity contribution in [1.29, 1.82) is 0 Å². The second-order valence-electron chi connectivity index (χ2n) is 6.16. The molecule has 0 unspecified atom stereocenters. The molecule has 1 heterocycles. The van der Waals surface area contributed by atoms with Gasteiger partial charge in [0.15, 0.2) is 0 Å². The van der Waals surface area contributed by atoms with Gasteiger partial charge in [-0.2, -0.15) is 0 Å². The van der Waals surface area contributed by atoms with Gasteiger partial charge in [-0.15, -0.1) is 0 Å². The Morgan fingerprint density at radius 1 is 1.21 bits per heavy atom. The summed E-state index contributed by atoms with van der Waals surface area (Å²) in [5.74, 6) is 0.544. The van der Waals surface area contributed by atoms with Crippen LogP contribution >= 0.6 is 6.72 Å². The minimum Gasteiger partial charge on any atom is -0.424 e. The van der Waals surface area contributed by atoms with Crippen LogP contribution < -0.4 is 9.84 Å². The number of amides is 1. The summed E-state index contributed by atoms with van der Waals surface area (Å²) < 4.78 is 16.7. The van der Waals surface area contributed by atoms with E-state index in [1.807, 2.05) is 18.9 Å². The fraction of sp³-hybridized carbons (Fsp3) is 0.556. The zero-order valence-corrected chi connectivity index (χ0v) is 19.0. The van der Waals surface area contributed by atoms with Gasteiger partial charge in [0.1, 0.15) is 5.75 Å². The number of benzene rings is 1. The predicted octanol–water partition coefficient (Wildman–Crippen LogP) is 2.98. The van der Waals surface area contributed by atoms with Crippen LogP contribution in [0.2, 0.25) is 0 Å². The maximum Gasteiger partial charge on any atom is 0.450 e. The quantitative estimate of drug-likeness (QED) is 0.269. The van der Waals surface area contributed by atoms with Crippen molar-refractivity contribution in [3.05, 3.63) is 29.8 Å². The first-order valence-corrected chi connectivity index (χ1v) is 12.1. The third kappa shape index (κ3) is 7.33.